The first-order chi connectivity index (χ1) is 18.5. The van der Waals surface area contributed by atoms with Gasteiger partial charge in [-0.15, -0.1) is 0 Å². The molecule has 198 valence electrons. The number of halogens is 3. The zero-order valence-corrected chi connectivity index (χ0v) is 20.5. The number of rotatable bonds is 5. The van der Waals surface area contributed by atoms with Crippen LogP contribution in [-0.4, -0.2) is 63.3 Å². The van der Waals surface area contributed by atoms with Crippen molar-refractivity contribution in [3.8, 4) is 5.95 Å². The number of alkyl halides is 3. The second kappa shape index (κ2) is 10.2. The summed E-state index contributed by atoms with van der Waals surface area (Å²) in [5, 5.41) is 6.42. The van der Waals surface area contributed by atoms with Gasteiger partial charge in [0, 0.05) is 37.9 Å². The number of hydrogen-bond acceptors (Lipinski definition) is 8. The zero-order chi connectivity index (χ0) is 26.1. The van der Waals surface area contributed by atoms with E-state index in [0.29, 0.717) is 56.8 Å². The molecule has 2 aliphatic rings. The lowest BCUT2D eigenvalue weighted by molar-refractivity contribution is -0.137. The van der Waals surface area contributed by atoms with E-state index in [9.17, 15) is 13.2 Å². The van der Waals surface area contributed by atoms with Gasteiger partial charge in [-0.3, -0.25) is 4.57 Å². The number of imidazole rings is 1. The molecule has 0 amide bonds. The molecule has 4 heterocycles. The van der Waals surface area contributed by atoms with E-state index >= 15 is 0 Å². The van der Waals surface area contributed by atoms with Crippen molar-refractivity contribution in [2.75, 3.05) is 43.0 Å². The number of fused-ring (bicyclic) bond motifs is 1. The van der Waals surface area contributed by atoms with E-state index in [0.717, 1.165) is 23.6 Å². The fourth-order valence-electron chi connectivity index (χ4n) is 4.91. The maximum absolute atomic E-state index is 13.4. The van der Waals surface area contributed by atoms with E-state index < -0.39 is 11.7 Å². The van der Waals surface area contributed by atoms with Crippen molar-refractivity contribution in [1.29, 1.82) is 0 Å². The number of para-hydroxylation sites is 3. The zero-order valence-electron chi connectivity index (χ0n) is 20.5. The minimum atomic E-state index is -4.41. The molecule has 38 heavy (non-hydrogen) atoms. The normalized spacial score (nSPS) is 19.1. The molecule has 6 rings (SSSR count). The van der Waals surface area contributed by atoms with Crippen molar-refractivity contribution < 1.29 is 17.9 Å². The van der Waals surface area contributed by atoms with Gasteiger partial charge in [-0.1, -0.05) is 24.3 Å². The lowest BCUT2D eigenvalue weighted by Crippen LogP contribution is -2.41. The predicted octanol–water partition coefficient (Wildman–Crippen LogP) is 3.97. The Morgan fingerprint density at radius 2 is 1.71 bits per heavy atom. The fourth-order valence-corrected chi connectivity index (χ4v) is 4.91. The largest absolute Gasteiger partial charge is 0.418 e. The van der Waals surface area contributed by atoms with Gasteiger partial charge in [0.05, 0.1) is 23.2 Å². The molecule has 0 radical (unpaired) electrons. The Kier molecular flexibility index (Phi) is 6.58. The lowest BCUT2D eigenvalue weighted by atomic mass is 10.0. The van der Waals surface area contributed by atoms with Gasteiger partial charge in [0.15, 0.2) is 5.82 Å². The summed E-state index contributed by atoms with van der Waals surface area (Å²) in [4.78, 5) is 20.8. The number of nitrogens with zero attached hydrogens (tertiary/aromatic N) is 6. The molecule has 1 atom stereocenters. The molecule has 9 nitrogen and oxygen atoms in total. The maximum atomic E-state index is 13.4. The smallest absolute Gasteiger partial charge is 0.382 e. The van der Waals surface area contributed by atoms with Gasteiger partial charge in [0.25, 0.3) is 0 Å². The average Bonchev–Trinajstić information content (AvgIpc) is 3.38. The summed E-state index contributed by atoms with van der Waals surface area (Å²) >= 11 is 0. The fraction of sp³-hybridized carbons (Fsp3) is 0.385. The summed E-state index contributed by atoms with van der Waals surface area (Å²) in [6.45, 7) is 3.10. The summed E-state index contributed by atoms with van der Waals surface area (Å²) < 4.78 is 48.1. The molecule has 4 aromatic rings. The number of anilines is 2. The Hall–Kier alpha value is -3.77. The van der Waals surface area contributed by atoms with Gasteiger partial charge in [-0.2, -0.15) is 28.1 Å². The molecule has 0 saturated carbocycles. The van der Waals surface area contributed by atoms with Gasteiger partial charge in [-0.25, -0.2) is 4.98 Å². The third kappa shape index (κ3) is 5.01. The van der Waals surface area contributed by atoms with Crippen LogP contribution >= 0.6 is 0 Å². The van der Waals surface area contributed by atoms with Crippen molar-refractivity contribution in [3.63, 3.8) is 0 Å². The number of ether oxygens (including phenoxy) is 1. The molecule has 2 fully saturated rings. The first-order valence-corrected chi connectivity index (χ1v) is 12.6. The predicted molar refractivity (Wildman–Crippen MR) is 136 cm³/mol. The van der Waals surface area contributed by atoms with Crippen LogP contribution in [0.1, 0.15) is 30.3 Å². The van der Waals surface area contributed by atoms with Crippen LogP contribution in [0.25, 0.3) is 17.0 Å². The van der Waals surface area contributed by atoms with Crippen LogP contribution in [0.3, 0.4) is 0 Å². The van der Waals surface area contributed by atoms with E-state index in [1.807, 2.05) is 28.8 Å². The molecular weight excluding hydrogens is 497 g/mol. The molecule has 0 bridgehead atoms. The molecule has 12 heteroatoms. The second-order valence-electron chi connectivity index (χ2n) is 9.41. The summed E-state index contributed by atoms with van der Waals surface area (Å²) in [6, 6.07) is 13.3. The molecule has 2 N–H and O–H groups in total. The Bertz CT molecular complexity index is 1410. The quantitative estimate of drug-likeness (QED) is 0.405. The molecular formula is C26H27F3N8O. The second-order valence-corrected chi connectivity index (χ2v) is 9.41. The maximum Gasteiger partial charge on any atom is 0.418 e. The monoisotopic (exact) mass is 524 g/mol. The lowest BCUT2D eigenvalue weighted by Gasteiger charge is -2.34. The van der Waals surface area contributed by atoms with Gasteiger partial charge in [0.2, 0.25) is 11.9 Å². The number of hydrogen-bond donors (Lipinski definition) is 2. The molecule has 1 unspecified atom stereocenters. The third-order valence-electron chi connectivity index (χ3n) is 6.88. The van der Waals surface area contributed by atoms with Crippen LogP contribution in [0.15, 0.2) is 54.9 Å². The van der Waals surface area contributed by atoms with Crippen molar-refractivity contribution in [2.45, 2.75) is 31.2 Å². The van der Waals surface area contributed by atoms with E-state index in [1.165, 1.54) is 12.1 Å². The summed E-state index contributed by atoms with van der Waals surface area (Å²) in [5.74, 6) is 1.51. The van der Waals surface area contributed by atoms with Crippen molar-refractivity contribution in [2.24, 2.45) is 0 Å². The van der Waals surface area contributed by atoms with Crippen LogP contribution in [0, 0.1) is 0 Å². The number of piperidine rings is 1. The Morgan fingerprint density at radius 1 is 0.947 bits per heavy atom. The average molecular weight is 525 g/mol. The van der Waals surface area contributed by atoms with Crippen LogP contribution in [0.4, 0.5) is 24.8 Å². The molecule has 0 aliphatic carbocycles. The van der Waals surface area contributed by atoms with E-state index in [-0.39, 0.29) is 17.8 Å². The van der Waals surface area contributed by atoms with Crippen molar-refractivity contribution >= 4 is 22.7 Å². The number of benzene rings is 2. The van der Waals surface area contributed by atoms with E-state index in [4.69, 9.17) is 19.7 Å². The Morgan fingerprint density at radius 3 is 2.50 bits per heavy atom. The molecule has 2 aromatic heterocycles. The summed E-state index contributed by atoms with van der Waals surface area (Å²) in [5.41, 5.74) is 1.17. The third-order valence-corrected chi connectivity index (χ3v) is 6.88. The van der Waals surface area contributed by atoms with Gasteiger partial charge < -0.3 is 20.3 Å². The highest BCUT2D eigenvalue weighted by Gasteiger charge is 2.34. The highest BCUT2D eigenvalue weighted by Crippen LogP contribution is 2.35. The van der Waals surface area contributed by atoms with E-state index in [1.54, 1.807) is 12.4 Å². The van der Waals surface area contributed by atoms with Crippen molar-refractivity contribution in [1.82, 2.24) is 29.8 Å². The topological polar surface area (TPSA) is 93.0 Å². The highest BCUT2D eigenvalue weighted by molar-refractivity contribution is 5.76. The Balaban J connectivity index is 1.25. The van der Waals surface area contributed by atoms with Crippen LogP contribution in [0.5, 0.6) is 0 Å². The van der Waals surface area contributed by atoms with Gasteiger partial charge >= 0.3 is 6.18 Å². The minimum Gasteiger partial charge on any atom is -0.382 e. The number of morpholine rings is 1. The van der Waals surface area contributed by atoms with Gasteiger partial charge in [-0.05, 0) is 37.1 Å². The standard InChI is InChI=1S/C26H27F3N8O/c27-26(28,29)18-5-1-2-6-19(18)32-17-9-12-36(13-10-17)24-33-23(22-15-30-11-14-38-22)34-25(35-24)37-16-31-20-7-3-4-8-21(20)37/h1-8,16-17,22,30,32H,9-15H2. The van der Waals surface area contributed by atoms with Crippen LogP contribution in [-0.2, 0) is 10.9 Å². The molecule has 2 aliphatic heterocycles. The first-order valence-electron chi connectivity index (χ1n) is 12.6. The Labute approximate surface area is 217 Å². The van der Waals surface area contributed by atoms with Gasteiger partial charge in [0.1, 0.15) is 12.4 Å². The minimum absolute atomic E-state index is 0.0981. The van der Waals surface area contributed by atoms with Crippen LogP contribution < -0.4 is 15.5 Å². The molecule has 2 saturated heterocycles. The van der Waals surface area contributed by atoms with E-state index in [2.05, 4.69) is 20.5 Å². The van der Waals surface area contributed by atoms with Crippen LogP contribution in [0.2, 0.25) is 0 Å². The molecule has 0 spiro atoms. The highest BCUT2D eigenvalue weighted by atomic mass is 19.4. The number of aromatic nitrogens is 5. The molecule has 2 aromatic carbocycles. The summed E-state index contributed by atoms with van der Waals surface area (Å²) in [6.07, 6.45) is -1.75. The number of nitrogens with one attached hydrogen (secondary N) is 2. The first kappa shape index (κ1) is 24.6. The SMILES string of the molecule is FC(F)(F)c1ccccc1NC1CCN(c2nc(C3CNCCO3)nc(-n3cnc4ccccc43)n2)CC1. The summed E-state index contributed by atoms with van der Waals surface area (Å²) in [7, 11) is 0. The van der Waals surface area contributed by atoms with Crippen molar-refractivity contribution in [3.05, 3.63) is 66.2 Å².